The Kier molecular flexibility index (Phi) is 14.9. The standard InChI is InChI=1S/C17H30N4O2.C11H12N2O.C2H6/c1-3-5-21(6-4-2)15-13-16(18)19-17(14-15)23-12-9-20-7-10-22-11-8-20;12-7-8-2-1-3-9(6-8)11(14)13-10-4-5-10;1-2/h13-14H,3-12H2,1-2H3,(H2,18,19);1-3,6-7,10,12H,4-5H2,(H,13,14);1-2H3. The van der Waals surface area contributed by atoms with Gasteiger partial charge in [0.1, 0.15) is 12.4 Å². The van der Waals surface area contributed by atoms with Crippen molar-refractivity contribution in [2.45, 2.75) is 59.4 Å². The van der Waals surface area contributed by atoms with Gasteiger partial charge in [-0.15, -0.1) is 0 Å². The average Bonchev–Trinajstić information content (AvgIpc) is 3.79. The summed E-state index contributed by atoms with van der Waals surface area (Å²) in [7, 11) is 0. The van der Waals surface area contributed by atoms with Crippen LogP contribution in [0.3, 0.4) is 0 Å². The van der Waals surface area contributed by atoms with Gasteiger partial charge in [-0.3, -0.25) is 9.69 Å². The van der Waals surface area contributed by atoms with Gasteiger partial charge in [0.05, 0.1) is 13.2 Å². The number of ether oxygens (including phenoxy) is 2. The smallest absolute Gasteiger partial charge is 0.251 e. The Hall–Kier alpha value is -3.17. The van der Waals surface area contributed by atoms with Crippen LogP contribution < -0.4 is 20.7 Å². The third kappa shape index (κ3) is 12.0. The van der Waals surface area contributed by atoms with E-state index in [-0.39, 0.29) is 5.91 Å². The number of pyridine rings is 1. The Balaban J connectivity index is 0.000000284. The van der Waals surface area contributed by atoms with Crippen LogP contribution in [0.25, 0.3) is 0 Å². The lowest BCUT2D eigenvalue weighted by atomic mass is 10.1. The van der Waals surface area contributed by atoms with E-state index in [1.54, 1.807) is 24.3 Å². The molecule has 1 saturated carbocycles. The van der Waals surface area contributed by atoms with Crippen molar-refractivity contribution in [3.05, 3.63) is 47.5 Å². The molecule has 1 aromatic heterocycles. The number of aromatic nitrogens is 1. The molecule has 1 aromatic carbocycles. The summed E-state index contributed by atoms with van der Waals surface area (Å²) < 4.78 is 11.2. The lowest BCUT2D eigenvalue weighted by Crippen LogP contribution is -2.38. The van der Waals surface area contributed by atoms with Gasteiger partial charge in [-0.05, 0) is 43.4 Å². The molecule has 1 aliphatic heterocycles. The fourth-order valence-corrected chi connectivity index (χ4v) is 4.05. The van der Waals surface area contributed by atoms with E-state index >= 15 is 0 Å². The van der Waals surface area contributed by atoms with E-state index in [9.17, 15) is 4.79 Å². The lowest BCUT2D eigenvalue weighted by Gasteiger charge is -2.26. The molecule has 2 heterocycles. The molecule has 1 saturated heterocycles. The summed E-state index contributed by atoms with van der Waals surface area (Å²) in [6, 6.07) is 11.4. The molecule has 9 heteroatoms. The van der Waals surface area contributed by atoms with E-state index in [1.807, 2.05) is 26.0 Å². The zero-order valence-corrected chi connectivity index (χ0v) is 24.2. The van der Waals surface area contributed by atoms with Gasteiger partial charge in [-0.25, -0.2) is 0 Å². The molecule has 1 aliphatic carbocycles. The molecular formula is C30H48N6O3. The highest BCUT2D eigenvalue weighted by molar-refractivity contribution is 5.96. The molecule has 39 heavy (non-hydrogen) atoms. The first kappa shape index (κ1) is 32.0. The number of nitrogens with two attached hydrogens (primary N) is 1. The Morgan fingerprint density at radius 1 is 1.18 bits per heavy atom. The normalized spacial score (nSPS) is 14.7. The maximum Gasteiger partial charge on any atom is 0.251 e. The average molecular weight is 541 g/mol. The summed E-state index contributed by atoms with van der Waals surface area (Å²) in [6.07, 6.45) is 5.64. The molecule has 4 rings (SSSR count). The van der Waals surface area contributed by atoms with Crippen LogP contribution in [0.15, 0.2) is 36.4 Å². The number of benzene rings is 1. The first-order valence-corrected chi connectivity index (χ1v) is 14.4. The second-order valence-corrected chi connectivity index (χ2v) is 9.40. The highest BCUT2D eigenvalue weighted by Crippen LogP contribution is 2.23. The molecule has 1 amide bonds. The Morgan fingerprint density at radius 3 is 2.49 bits per heavy atom. The van der Waals surface area contributed by atoms with Crippen LogP contribution >= 0.6 is 0 Å². The first-order chi connectivity index (χ1) is 19.0. The van der Waals surface area contributed by atoms with Gasteiger partial charge < -0.3 is 30.8 Å². The predicted molar refractivity (Wildman–Crippen MR) is 160 cm³/mol. The molecule has 2 aromatic rings. The summed E-state index contributed by atoms with van der Waals surface area (Å²) in [5.74, 6) is 1.10. The third-order valence-electron chi connectivity index (χ3n) is 6.15. The van der Waals surface area contributed by atoms with E-state index in [2.05, 4.69) is 33.9 Å². The van der Waals surface area contributed by atoms with Crippen LogP contribution in [0.5, 0.6) is 5.88 Å². The van der Waals surface area contributed by atoms with Crippen molar-refractivity contribution in [2.75, 3.05) is 63.2 Å². The molecular weight excluding hydrogens is 492 g/mol. The Labute approximate surface area is 234 Å². The quantitative estimate of drug-likeness (QED) is 0.337. The zero-order valence-electron chi connectivity index (χ0n) is 24.2. The van der Waals surface area contributed by atoms with Gasteiger partial charge in [0.2, 0.25) is 5.88 Å². The number of nitrogens with zero attached hydrogens (tertiary/aromatic N) is 3. The van der Waals surface area contributed by atoms with E-state index in [0.717, 1.165) is 82.9 Å². The minimum atomic E-state index is -0.0313. The summed E-state index contributed by atoms with van der Waals surface area (Å²) >= 11 is 0. The van der Waals surface area contributed by atoms with Crippen molar-refractivity contribution >= 4 is 23.6 Å². The van der Waals surface area contributed by atoms with Gasteiger partial charge >= 0.3 is 0 Å². The zero-order chi connectivity index (χ0) is 28.5. The van der Waals surface area contributed by atoms with Crippen LogP contribution in [-0.2, 0) is 4.74 Å². The van der Waals surface area contributed by atoms with Crippen molar-refractivity contribution in [1.82, 2.24) is 15.2 Å². The topological polar surface area (TPSA) is 117 Å². The van der Waals surface area contributed by atoms with Crippen molar-refractivity contribution in [1.29, 1.82) is 5.41 Å². The maximum absolute atomic E-state index is 11.6. The van der Waals surface area contributed by atoms with E-state index in [4.69, 9.17) is 20.6 Å². The molecule has 0 bridgehead atoms. The van der Waals surface area contributed by atoms with Crippen LogP contribution in [-0.4, -0.2) is 80.6 Å². The van der Waals surface area contributed by atoms with Crippen molar-refractivity contribution < 1.29 is 14.3 Å². The van der Waals surface area contributed by atoms with E-state index in [1.165, 1.54) is 6.21 Å². The van der Waals surface area contributed by atoms with Crippen LogP contribution in [0.2, 0.25) is 0 Å². The minimum absolute atomic E-state index is 0.0313. The maximum atomic E-state index is 11.6. The highest BCUT2D eigenvalue weighted by atomic mass is 16.5. The summed E-state index contributed by atoms with van der Waals surface area (Å²) in [5, 5.41) is 9.99. The largest absolute Gasteiger partial charge is 0.476 e. The van der Waals surface area contributed by atoms with Gasteiger partial charge in [0.25, 0.3) is 5.91 Å². The summed E-state index contributed by atoms with van der Waals surface area (Å²) in [5.41, 5.74) is 8.45. The number of carbonyl (C=O) groups excluding carboxylic acids is 1. The molecule has 0 unspecified atom stereocenters. The predicted octanol–water partition coefficient (Wildman–Crippen LogP) is 4.60. The number of nitrogen functional groups attached to an aromatic ring is 1. The van der Waals surface area contributed by atoms with E-state index in [0.29, 0.717) is 29.9 Å². The second-order valence-electron chi connectivity index (χ2n) is 9.40. The monoisotopic (exact) mass is 540 g/mol. The SMILES string of the molecule is CC.CCCN(CCC)c1cc(N)nc(OCCN2CCOCC2)c1.N=Cc1cccc(C(=O)NC2CC2)c1. The molecule has 0 spiro atoms. The lowest BCUT2D eigenvalue weighted by molar-refractivity contribution is 0.0320. The molecule has 2 aliphatic rings. The van der Waals surface area contributed by atoms with Crippen molar-refractivity contribution in [3.8, 4) is 5.88 Å². The molecule has 0 atom stereocenters. The number of carbonyl (C=O) groups is 1. The number of anilines is 2. The summed E-state index contributed by atoms with van der Waals surface area (Å²) in [4.78, 5) is 20.6. The van der Waals surface area contributed by atoms with Crippen molar-refractivity contribution in [3.63, 3.8) is 0 Å². The number of hydrogen-bond acceptors (Lipinski definition) is 8. The number of morpholine rings is 1. The number of nitrogens with one attached hydrogen (secondary N) is 2. The fraction of sp³-hybridized carbons (Fsp3) is 0.567. The molecule has 2 fully saturated rings. The minimum Gasteiger partial charge on any atom is -0.476 e. The van der Waals surface area contributed by atoms with Crippen LogP contribution in [0.1, 0.15) is 69.3 Å². The fourth-order valence-electron chi connectivity index (χ4n) is 4.05. The third-order valence-corrected chi connectivity index (χ3v) is 6.15. The van der Waals surface area contributed by atoms with Crippen LogP contribution in [0, 0.1) is 5.41 Å². The van der Waals surface area contributed by atoms with Crippen LogP contribution in [0.4, 0.5) is 11.5 Å². The first-order valence-electron chi connectivity index (χ1n) is 14.4. The van der Waals surface area contributed by atoms with Crippen molar-refractivity contribution in [2.24, 2.45) is 0 Å². The Bertz CT molecular complexity index is 986. The van der Waals surface area contributed by atoms with E-state index < -0.39 is 0 Å². The van der Waals surface area contributed by atoms with Gasteiger partial charge in [-0.1, -0.05) is 39.8 Å². The summed E-state index contributed by atoms with van der Waals surface area (Å²) in [6.45, 7) is 15.5. The number of hydrogen-bond donors (Lipinski definition) is 3. The van der Waals surface area contributed by atoms with Gasteiger partial charge in [0.15, 0.2) is 0 Å². The highest BCUT2D eigenvalue weighted by Gasteiger charge is 2.23. The van der Waals surface area contributed by atoms with Gasteiger partial charge in [0, 0.05) is 68.4 Å². The number of rotatable bonds is 12. The number of amides is 1. The molecule has 0 radical (unpaired) electrons. The molecule has 9 nitrogen and oxygen atoms in total. The Morgan fingerprint density at radius 2 is 1.87 bits per heavy atom. The second kappa shape index (κ2) is 18.2. The molecule has 4 N–H and O–H groups in total. The van der Waals surface area contributed by atoms with Gasteiger partial charge in [-0.2, -0.15) is 4.98 Å². The molecule has 216 valence electrons.